The van der Waals surface area contributed by atoms with Crippen LogP contribution in [0.3, 0.4) is 0 Å². The molecule has 114 valence electrons. The van der Waals surface area contributed by atoms with Gasteiger partial charge in [-0.05, 0) is 0 Å². The first kappa shape index (κ1) is 24.4. The number of hydrogen-bond acceptors (Lipinski definition) is 2. The van der Waals surface area contributed by atoms with Crippen molar-refractivity contribution in [2.24, 2.45) is 10.2 Å². The van der Waals surface area contributed by atoms with Gasteiger partial charge >= 0.3 is 0 Å². The molecular weight excluding hydrogens is 426 g/mol. The maximum absolute atomic E-state index is 3.94. The van der Waals surface area contributed by atoms with E-state index in [9.17, 15) is 0 Å². The molecule has 2 rings (SSSR count). The molecule has 6 heteroatoms. The van der Waals surface area contributed by atoms with Crippen molar-refractivity contribution >= 4 is 12.4 Å². The summed E-state index contributed by atoms with van der Waals surface area (Å²) < 4.78 is 3.33. The van der Waals surface area contributed by atoms with Gasteiger partial charge in [0, 0.05) is 65.4 Å². The van der Waals surface area contributed by atoms with Gasteiger partial charge in [0.25, 0.3) is 0 Å². The van der Waals surface area contributed by atoms with Crippen LogP contribution < -0.4 is 0 Å². The third kappa shape index (κ3) is 7.59. The van der Waals surface area contributed by atoms with Crippen LogP contribution in [0.25, 0.3) is 0 Å². The molecule has 0 saturated carbocycles. The minimum Gasteiger partial charge on any atom is -0.419 e. The molecule has 2 heterocycles. The van der Waals surface area contributed by atoms with Crippen molar-refractivity contribution in [3.05, 3.63) is 47.0 Å². The second-order valence-electron chi connectivity index (χ2n) is 4.39. The van der Waals surface area contributed by atoms with Crippen LogP contribution in [0.15, 0.2) is 22.5 Å². The molecule has 0 aliphatic rings. The maximum atomic E-state index is 3.94. The van der Waals surface area contributed by atoms with E-state index in [2.05, 4.69) is 35.0 Å². The minimum atomic E-state index is 0. The molecule has 2 aromatic heterocycles. The third-order valence-electron chi connectivity index (χ3n) is 2.89. The van der Waals surface area contributed by atoms with E-state index in [4.69, 9.17) is 0 Å². The van der Waals surface area contributed by atoms with Gasteiger partial charge in [0.1, 0.15) is 0 Å². The molecular formula is C16H20N4Y2-4. The van der Waals surface area contributed by atoms with Gasteiger partial charge in [0.05, 0.1) is 0 Å². The molecule has 2 aromatic rings. The Hall–Kier alpha value is 0.108. The van der Waals surface area contributed by atoms with E-state index in [1.807, 2.05) is 40.0 Å². The van der Waals surface area contributed by atoms with E-state index in [1.165, 1.54) is 11.1 Å². The standard InChI is InChI=1S/2C8H10N2.2Y/c1-4-9-10-5-7(2)8(3)6-10;1-4-9-10-6-5-7(2)8(10)3;;/h2*5H,1-3H3;;/q2*-2;;. The zero-order valence-corrected chi connectivity index (χ0v) is 19.8. The fourth-order valence-corrected chi connectivity index (χ4v) is 1.46. The second-order valence-corrected chi connectivity index (χ2v) is 4.39. The van der Waals surface area contributed by atoms with Crippen LogP contribution in [0, 0.1) is 40.1 Å². The molecule has 0 fully saturated rings. The Morgan fingerprint density at radius 3 is 1.91 bits per heavy atom. The Labute approximate surface area is 184 Å². The Morgan fingerprint density at radius 1 is 0.955 bits per heavy atom. The first-order chi connectivity index (χ1) is 9.49. The molecule has 0 N–H and O–H groups in total. The number of rotatable bonds is 2. The van der Waals surface area contributed by atoms with E-state index in [1.54, 1.807) is 23.2 Å². The molecule has 0 aliphatic heterocycles. The Kier molecular flexibility index (Phi) is 13.9. The van der Waals surface area contributed by atoms with E-state index < -0.39 is 0 Å². The van der Waals surface area contributed by atoms with Crippen LogP contribution in [0.1, 0.15) is 36.2 Å². The Bertz CT molecular complexity index is 590. The molecule has 0 saturated heterocycles. The first-order valence-electron chi connectivity index (χ1n) is 6.39. The van der Waals surface area contributed by atoms with Gasteiger partial charge in [-0.15, -0.1) is 11.9 Å². The van der Waals surface area contributed by atoms with Gasteiger partial charge in [0.2, 0.25) is 0 Å². The number of aryl methyl sites for hydroxylation is 3. The molecule has 0 atom stereocenters. The summed E-state index contributed by atoms with van der Waals surface area (Å²) in [7, 11) is 0. The number of aromatic nitrogens is 2. The van der Waals surface area contributed by atoms with Crippen molar-refractivity contribution < 1.29 is 65.4 Å². The van der Waals surface area contributed by atoms with Crippen LogP contribution in [-0.4, -0.2) is 21.8 Å². The topological polar surface area (TPSA) is 34.6 Å². The molecule has 4 nitrogen and oxygen atoms in total. The van der Waals surface area contributed by atoms with E-state index in [-0.39, 0.29) is 65.4 Å². The normalized spacial score (nSPS) is 10.1. The summed E-state index contributed by atoms with van der Waals surface area (Å²) in [6.45, 7) is 11.6. The van der Waals surface area contributed by atoms with Gasteiger partial charge < -0.3 is 32.0 Å². The first-order valence-corrected chi connectivity index (χ1v) is 6.39. The van der Waals surface area contributed by atoms with Gasteiger partial charge in [0.15, 0.2) is 0 Å². The van der Waals surface area contributed by atoms with Gasteiger partial charge in [-0.1, -0.05) is 40.1 Å². The summed E-state index contributed by atoms with van der Waals surface area (Å²) in [6, 6.07) is 1.91. The molecule has 0 bridgehead atoms. The van der Waals surface area contributed by atoms with Gasteiger partial charge in [-0.3, -0.25) is 0 Å². The molecule has 0 unspecified atom stereocenters. The second kappa shape index (κ2) is 12.5. The van der Waals surface area contributed by atoms with Crippen LogP contribution in [0.5, 0.6) is 0 Å². The Morgan fingerprint density at radius 2 is 1.55 bits per heavy atom. The predicted octanol–water partition coefficient (Wildman–Crippen LogP) is 3.27. The minimum absolute atomic E-state index is 0. The molecule has 0 aliphatic carbocycles. The summed E-state index contributed by atoms with van der Waals surface area (Å²) in [5.41, 5.74) is 4.67. The van der Waals surface area contributed by atoms with Crippen molar-refractivity contribution in [1.29, 1.82) is 0 Å². The average molecular weight is 446 g/mol. The molecule has 22 heavy (non-hydrogen) atoms. The summed E-state index contributed by atoms with van der Waals surface area (Å²) >= 11 is 0. The molecule has 0 spiro atoms. The van der Waals surface area contributed by atoms with Crippen LogP contribution in [0.2, 0.25) is 0 Å². The van der Waals surface area contributed by atoms with E-state index in [0.29, 0.717) is 0 Å². The van der Waals surface area contributed by atoms with Gasteiger partial charge in [-0.25, -0.2) is 0 Å². The fraction of sp³-hybridized carbons (Fsp3) is 0.375. The quantitative estimate of drug-likeness (QED) is 0.502. The predicted molar refractivity (Wildman–Crippen MR) is 82.5 cm³/mol. The average Bonchev–Trinajstić information content (AvgIpc) is 2.88. The molecule has 2 radical (unpaired) electrons. The third-order valence-corrected chi connectivity index (χ3v) is 2.89. The number of hydrogen-bond donors (Lipinski definition) is 0. The molecule has 0 aromatic carbocycles. The molecule has 0 amide bonds. The van der Waals surface area contributed by atoms with Crippen molar-refractivity contribution in [3.63, 3.8) is 0 Å². The van der Waals surface area contributed by atoms with Crippen molar-refractivity contribution in [3.8, 4) is 0 Å². The van der Waals surface area contributed by atoms with E-state index >= 15 is 0 Å². The fourth-order valence-electron chi connectivity index (χ4n) is 1.46. The van der Waals surface area contributed by atoms with Crippen LogP contribution in [-0.2, 0) is 65.4 Å². The van der Waals surface area contributed by atoms with Crippen molar-refractivity contribution in [2.45, 2.75) is 41.5 Å². The van der Waals surface area contributed by atoms with E-state index in [0.717, 1.165) is 11.3 Å². The monoisotopic (exact) mass is 446 g/mol. The van der Waals surface area contributed by atoms with Crippen LogP contribution >= 0.6 is 0 Å². The summed E-state index contributed by atoms with van der Waals surface area (Å²) in [5.74, 6) is 0. The SMILES string of the molecule is C[C-]=Nn1[c-]c(C)c(C)c1.C[C-]=Nn1[c-]cc(C)c1C.[Y].[Y]. The number of nitrogens with zero attached hydrogens (tertiary/aromatic N) is 4. The van der Waals surface area contributed by atoms with Crippen molar-refractivity contribution in [1.82, 2.24) is 9.35 Å². The zero-order valence-electron chi connectivity index (χ0n) is 14.1. The Balaban J connectivity index is 0. The summed E-state index contributed by atoms with van der Waals surface area (Å²) in [4.78, 5) is 0. The maximum Gasteiger partial charge on any atom is 0 e. The zero-order chi connectivity index (χ0) is 15.1. The smallest absolute Gasteiger partial charge is 0 e. The van der Waals surface area contributed by atoms with Crippen molar-refractivity contribution in [2.75, 3.05) is 0 Å². The summed E-state index contributed by atoms with van der Waals surface area (Å²) in [6.07, 6.45) is 13.3. The van der Waals surface area contributed by atoms with Gasteiger partial charge in [-0.2, -0.15) is 36.6 Å². The largest absolute Gasteiger partial charge is 0.419 e. The van der Waals surface area contributed by atoms with Crippen LogP contribution in [0.4, 0.5) is 0 Å². The summed E-state index contributed by atoms with van der Waals surface area (Å²) in [5, 5.41) is 7.84.